The van der Waals surface area contributed by atoms with Gasteiger partial charge in [0.1, 0.15) is 6.04 Å². The van der Waals surface area contributed by atoms with Gasteiger partial charge in [0.25, 0.3) is 0 Å². The highest BCUT2D eigenvalue weighted by molar-refractivity contribution is 5.90. The van der Waals surface area contributed by atoms with Crippen molar-refractivity contribution in [3.05, 3.63) is 0 Å². The van der Waals surface area contributed by atoms with Crippen LogP contribution in [0, 0.1) is 5.41 Å². The molecule has 3 N–H and O–H groups in total. The molecule has 1 fully saturated rings. The summed E-state index contributed by atoms with van der Waals surface area (Å²) >= 11 is 0. The van der Waals surface area contributed by atoms with E-state index in [-0.39, 0.29) is 13.0 Å². The molecule has 8 heteroatoms. The Hall–Kier alpha value is -1.31. The average Bonchev–Trinajstić information content (AvgIpc) is 2.85. The summed E-state index contributed by atoms with van der Waals surface area (Å²) in [4.78, 5) is 23.5. The predicted octanol–water partition coefficient (Wildman–Crippen LogP) is 0.559. The van der Waals surface area contributed by atoms with Crippen molar-refractivity contribution in [3.63, 3.8) is 0 Å². The molecule has 1 saturated heterocycles. The van der Waals surface area contributed by atoms with Crippen LogP contribution in [-0.2, 0) is 9.59 Å². The van der Waals surface area contributed by atoms with E-state index in [2.05, 4.69) is 16.0 Å². The van der Waals surface area contributed by atoms with Crippen molar-refractivity contribution in [1.29, 1.82) is 0 Å². The SMILES string of the molecule is CCCNC(=O)C(C)NC(=O)C1(C(F)(F)F)CCNC1. The molecule has 0 bridgehead atoms. The molecule has 0 spiro atoms. The highest BCUT2D eigenvalue weighted by atomic mass is 19.4. The number of halogens is 3. The molecule has 20 heavy (non-hydrogen) atoms. The average molecular weight is 295 g/mol. The number of hydrogen-bond acceptors (Lipinski definition) is 3. The van der Waals surface area contributed by atoms with Crippen LogP contribution in [-0.4, -0.2) is 43.7 Å². The quantitative estimate of drug-likeness (QED) is 0.694. The van der Waals surface area contributed by atoms with Crippen molar-refractivity contribution < 1.29 is 22.8 Å². The minimum absolute atomic E-state index is 0.128. The Labute approximate surface area is 115 Å². The van der Waals surface area contributed by atoms with E-state index in [0.717, 1.165) is 0 Å². The Morgan fingerprint density at radius 1 is 1.40 bits per heavy atom. The minimum atomic E-state index is -4.64. The fourth-order valence-electron chi connectivity index (χ4n) is 2.06. The highest BCUT2D eigenvalue weighted by Crippen LogP contribution is 2.43. The first-order valence-corrected chi connectivity index (χ1v) is 6.60. The fraction of sp³-hybridized carbons (Fsp3) is 0.833. The van der Waals surface area contributed by atoms with Gasteiger partial charge in [-0.15, -0.1) is 0 Å². The van der Waals surface area contributed by atoms with Crippen molar-refractivity contribution in [2.45, 2.75) is 38.9 Å². The highest BCUT2D eigenvalue weighted by Gasteiger charge is 2.61. The van der Waals surface area contributed by atoms with Gasteiger partial charge in [0.2, 0.25) is 11.8 Å². The van der Waals surface area contributed by atoms with Crippen LogP contribution < -0.4 is 16.0 Å². The third-order valence-electron chi connectivity index (χ3n) is 3.42. The summed E-state index contributed by atoms with van der Waals surface area (Å²) < 4.78 is 39.4. The summed E-state index contributed by atoms with van der Waals surface area (Å²) in [7, 11) is 0. The standard InChI is InChI=1S/C12H20F3N3O2/c1-3-5-17-9(19)8(2)18-10(20)11(12(13,14)15)4-6-16-7-11/h8,16H,3-7H2,1-2H3,(H,17,19)(H,18,20). The van der Waals surface area contributed by atoms with Gasteiger partial charge in [-0.3, -0.25) is 9.59 Å². The lowest BCUT2D eigenvalue weighted by Crippen LogP contribution is -2.56. The smallest absolute Gasteiger partial charge is 0.354 e. The van der Waals surface area contributed by atoms with Crippen LogP contribution in [0.2, 0.25) is 0 Å². The molecule has 0 aromatic rings. The first-order chi connectivity index (χ1) is 9.24. The molecule has 2 atom stereocenters. The maximum absolute atomic E-state index is 13.1. The summed E-state index contributed by atoms with van der Waals surface area (Å²) in [6.45, 7) is 3.32. The van der Waals surface area contributed by atoms with Crippen LogP contribution in [0.25, 0.3) is 0 Å². The van der Waals surface area contributed by atoms with E-state index in [0.29, 0.717) is 13.0 Å². The topological polar surface area (TPSA) is 70.2 Å². The lowest BCUT2D eigenvalue weighted by molar-refractivity contribution is -0.216. The number of amides is 2. The van der Waals surface area contributed by atoms with Crippen molar-refractivity contribution in [2.24, 2.45) is 5.41 Å². The molecule has 1 heterocycles. The van der Waals surface area contributed by atoms with Crippen LogP contribution in [0.1, 0.15) is 26.7 Å². The summed E-state index contributed by atoms with van der Waals surface area (Å²) in [6, 6.07) is -0.992. The Bertz CT molecular complexity index is 365. The first kappa shape index (κ1) is 16.7. The van der Waals surface area contributed by atoms with Gasteiger partial charge in [-0.25, -0.2) is 0 Å². The largest absolute Gasteiger partial charge is 0.404 e. The van der Waals surface area contributed by atoms with Crippen molar-refractivity contribution in [1.82, 2.24) is 16.0 Å². The van der Waals surface area contributed by atoms with E-state index < -0.39 is 36.0 Å². The Balaban J connectivity index is 2.71. The van der Waals surface area contributed by atoms with Gasteiger partial charge < -0.3 is 16.0 Å². The lowest BCUT2D eigenvalue weighted by atomic mass is 9.85. The van der Waals surface area contributed by atoms with Gasteiger partial charge in [0, 0.05) is 13.1 Å². The van der Waals surface area contributed by atoms with Gasteiger partial charge in [0.05, 0.1) is 0 Å². The maximum atomic E-state index is 13.1. The summed E-state index contributed by atoms with van der Waals surface area (Å²) in [5.41, 5.74) is -2.44. The molecular formula is C12H20F3N3O2. The molecule has 0 saturated carbocycles. The molecule has 1 aliphatic rings. The molecule has 0 aromatic carbocycles. The van der Waals surface area contributed by atoms with Gasteiger partial charge in [-0.1, -0.05) is 6.92 Å². The molecule has 116 valence electrons. The number of nitrogens with one attached hydrogen (secondary N) is 3. The third-order valence-corrected chi connectivity index (χ3v) is 3.42. The van der Waals surface area contributed by atoms with E-state index >= 15 is 0 Å². The van der Waals surface area contributed by atoms with E-state index in [4.69, 9.17) is 0 Å². The van der Waals surface area contributed by atoms with E-state index in [1.165, 1.54) is 6.92 Å². The second kappa shape index (κ2) is 6.43. The van der Waals surface area contributed by atoms with E-state index in [1.54, 1.807) is 0 Å². The second-order valence-electron chi connectivity index (χ2n) is 4.99. The van der Waals surface area contributed by atoms with Crippen molar-refractivity contribution in [2.75, 3.05) is 19.6 Å². The van der Waals surface area contributed by atoms with Gasteiger partial charge >= 0.3 is 6.18 Å². The van der Waals surface area contributed by atoms with Crippen LogP contribution in [0.5, 0.6) is 0 Å². The molecule has 0 radical (unpaired) electrons. The zero-order valence-corrected chi connectivity index (χ0v) is 11.6. The van der Waals surface area contributed by atoms with Crippen LogP contribution in [0.4, 0.5) is 13.2 Å². The molecule has 1 aliphatic heterocycles. The number of carbonyl (C=O) groups excluding carboxylic acids is 2. The second-order valence-corrected chi connectivity index (χ2v) is 4.99. The fourth-order valence-corrected chi connectivity index (χ4v) is 2.06. The molecule has 0 aliphatic carbocycles. The number of rotatable bonds is 5. The number of alkyl halides is 3. The summed E-state index contributed by atoms with van der Waals surface area (Å²) in [5.74, 6) is -1.63. The third kappa shape index (κ3) is 3.41. The monoisotopic (exact) mass is 295 g/mol. The normalized spacial score (nSPS) is 24.2. The molecule has 5 nitrogen and oxygen atoms in total. The van der Waals surface area contributed by atoms with Crippen molar-refractivity contribution in [3.8, 4) is 0 Å². The lowest BCUT2D eigenvalue weighted by Gasteiger charge is -2.30. The molecular weight excluding hydrogens is 275 g/mol. The zero-order chi connectivity index (χ0) is 15.4. The molecule has 2 unspecified atom stereocenters. The van der Waals surface area contributed by atoms with Crippen LogP contribution in [0.3, 0.4) is 0 Å². The maximum Gasteiger partial charge on any atom is 0.404 e. The Kier molecular flexibility index (Phi) is 5.38. The van der Waals surface area contributed by atoms with Crippen LogP contribution in [0.15, 0.2) is 0 Å². The zero-order valence-electron chi connectivity index (χ0n) is 11.6. The number of hydrogen-bond donors (Lipinski definition) is 3. The summed E-state index contributed by atoms with van der Waals surface area (Å²) in [6.07, 6.45) is -4.24. The summed E-state index contributed by atoms with van der Waals surface area (Å²) in [5, 5.41) is 7.25. The van der Waals surface area contributed by atoms with Crippen LogP contribution >= 0.6 is 0 Å². The first-order valence-electron chi connectivity index (χ1n) is 6.60. The Morgan fingerprint density at radius 3 is 2.50 bits per heavy atom. The van der Waals surface area contributed by atoms with E-state index in [9.17, 15) is 22.8 Å². The van der Waals surface area contributed by atoms with Crippen molar-refractivity contribution >= 4 is 11.8 Å². The van der Waals surface area contributed by atoms with Gasteiger partial charge in [0.15, 0.2) is 5.41 Å². The minimum Gasteiger partial charge on any atom is -0.354 e. The van der Waals surface area contributed by atoms with Gasteiger partial charge in [-0.2, -0.15) is 13.2 Å². The number of carbonyl (C=O) groups is 2. The molecule has 2 amide bonds. The predicted molar refractivity (Wildman–Crippen MR) is 66.9 cm³/mol. The van der Waals surface area contributed by atoms with E-state index in [1.807, 2.05) is 6.92 Å². The Morgan fingerprint density at radius 2 is 2.05 bits per heavy atom. The molecule has 1 rings (SSSR count). The van der Waals surface area contributed by atoms with Gasteiger partial charge in [-0.05, 0) is 26.3 Å². The molecule has 0 aromatic heterocycles.